The predicted molar refractivity (Wildman–Crippen MR) is 95.1 cm³/mol. The molecule has 0 atom stereocenters. The second kappa shape index (κ2) is 8.47. The Labute approximate surface area is 152 Å². The van der Waals surface area contributed by atoms with Crippen LogP contribution in [0.2, 0.25) is 0 Å². The lowest BCUT2D eigenvalue weighted by Crippen LogP contribution is -2.06. The molecule has 0 saturated carbocycles. The van der Waals surface area contributed by atoms with Gasteiger partial charge in [-0.2, -0.15) is 0 Å². The molecule has 138 valence electrons. The van der Waals surface area contributed by atoms with Crippen LogP contribution in [0.3, 0.4) is 0 Å². The fourth-order valence-corrected chi connectivity index (χ4v) is 2.68. The molecule has 3 rings (SSSR count). The maximum Gasteiger partial charge on any atom is 0.309 e. The zero-order valence-corrected chi connectivity index (χ0v) is 14.7. The number of methoxy groups -OCH3 is 1. The van der Waals surface area contributed by atoms with Crippen molar-refractivity contribution in [2.45, 2.75) is 19.3 Å². The molecule has 1 aliphatic rings. The molecule has 0 amide bonds. The van der Waals surface area contributed by atoms with Gasteiger partial charge in [-0.15, -0.1) is 0 Å². The number of hydrogen-bond acceptors (Lipinski definition) is 6. The highest BCUT2D eigenvalue weighted by Crippen LogP contribution is 2.36. The second-order valence-electron chi connectivity index (χ2n) is 5.97. The molecule has 1 aliphatic heterocycles. The highest BCUT2D eigenvalue weighted by atomic mass is 16.5. The van der Waals surface area contributed by atoms with Crippen molar-refractivity contribution in [2.24, 2.45) is 0 Å². The average Bonchev–Trinajstić information content (AvgIpc) is 3.09. The number of carbonyl (C=O) groups is 1. The first-order chi connectivity index (χ1) is 12.7. The van der Waals surface area contributed by atoms with Crippen molar-refractivity contribution >= 4 is 5.97 Å². The zero-order chi connectivity index (χ0) is 18.4. The van der Waals surface area contributed by atoms with E-state index in [9.17, 15) is 9.90 Å². The van der Waals surface area contributed by atoms with Gasteiger partial charge in [0.15, 0.2) is 11.5 Å². The minimum absolute atomic E-state index is 0.136. The minimum atomic E-state index is -0.268. The van der Waals surface area contributed by atoms with Crippen molar-refractivity contribution in [2.75, 3.05) is 26.9 Å². The predicted octanol–water partition coefficient (Wildman–Crippen LogP) is 2.89. The molecule has 0 unspecified atom stereocenters. The van der Waals surface area contributed by atoms with E-state index in [2.05, 4.69) is 4.74 Å². The van der Waals surface area contributed by atoms with E-state index in [4.69, 9.17) is 14.2 Å². The van der Waals surface area contributed by atoms with E-state index in [1.54, 1.807) is 12.1 Å². The molecule has 0 bridgehead atoms. The third-order valence-electron chi connectivity index (χ3n) is 4.09. The zero-order valence-electron chi connectivity index (χ0n) is 14.7. The van der Waals surface area contributed by atoms with Crippen LogP contribution in [0.1, 0.15) is 17.5 Å². The van der Waals surface area contributed by atoms with Gasteiger partial charge in [-0.1, -0.05) is 12.1 Å². The number of phenols is 1. The van der Waals surface area contributed by atoms with E-state index in [1.807, 2.05) is 24.3 Å². The summed E-state index contributed by atoms with van der Waals surface area (Å²) >= 11 is 0. The number of aromatic hydroxyl groups is 1. The summed E-state index contributed by atoms with van der Waals surface area (Å²) in [4.78, 5) is 11.2. The van der Waals surface area contributed by atoms with Crippen molar-refractivity contribution in [3.8, 4) is 23.0 Å². The van der Waals surface area contributed by atoms with E-state index in [0.717, 1.165) is 29.0 Å². The van der Waals surface area contributed by atoms with Crippen LogP contribution < -0.4 is 14.2 Å². The summed E-state index contributed by atoms with van der Waals surface area (Å²) in [6.07, 6.45) is 1.73. The number of ether oxygens (including phenoxy) is 4. The lowest BCUT2D eigenvalue weighted by molar-refractivity contribution is -0.139. The molecule has 0 radical (unpaired) electrons. The van der Waals surface area contributed by atoms with Crippen LogP contribution in [0.4, 0.5) is 0 Å². The Morgan fingerprint density at radius 3 is 2.69 bits per heavy atom. The molecular weight excluding hydrogens is 336 g/mol. The van der Waals surface area contributed by atoms with E-state index in [-0.39, 0.29) is 18.1 Å². The van der Waals surface area contributed by atoms with Crippen LogP contribution in [0.15, 0.2) is 36.4 Å². The van der Waals surface area contributed by atoms with Gasteiger partial charge < -0.3 is 24.1 Å². The molecule has 2 aromatic carbocycles. The highest BCUT2D eigenvalue weighted by molar-refractivity contribution is 5.72. The minimum Gasteiger partial charge on any atom is -0.504 e. The van der Waals surface area contributed by atoms with E-state index in [1.165, 1.54) is 7.11 Å². The molecular formula is C20H22O6. The summed E-state index contributed by atoms with van der Waals surface area (Å²) < 4.78 is 21.4. The van der Waals surface area contributed by atoms with Crippen molar-refractivity contribution in [3.63, 3.8) is 0 Å². The number of benzene rings is 2. The standard InChI is InChI=1S/C20H22O6/c1-23-20(22)11-14-3-5-16(6-4-14)24-8-2-9-25-19-13-18-15(7-10-26-18)12-17(19)21/h3-6,12-13,21H,2,7-11H2,1H3. The van der Waals surface area contributed by atoms with Crippen molar-refractivity contribution in [1.29, 1.82) is 0 Å². The molecule has 0 saturated heterocycles. The first-order valence-corrected chi connectivity index (χ1v) is 8.56. The number of hydrogen-bond donors (Lipinski definition) is 1. The summed E-state index contributed by atoms with van der Waals surface area (Å²) in [5.41, 5.74) is 1.88. The van der Waals surface area contributed by atoms with Crippen molar-refractivity contribution in [3.05, 3.63) is 47.5 Å². The van der Waals surface area contributed by atoms with Crippen LogP contribution in [0.5, 0.6) is 23.0 Å². The summed E-state index contributed by atoms with van der Waals surface area (Å²) in [5, 5.41) is 9.97. The SMILES string of the molecule is COC(=O)Cc1ccc(OCCCOc2cc3c(cc2O)CCO3)cc1. The molecule has 0 aliphatic carbocycles. The van der Waals surface area contributed by atoms with Crippen molar-refractivity contribution in [1.82, 2.24) is 0 Å². The Balaban J connectivity index is 1.40. The Kier molecular flexibility index (Phi) is 5.84. The highest BCUT2D eigenvalue weighted by Gasteiger charge is 2.16. The number of rotatable bonds is 8. The Morgan fingerprint density at radius 2 is 1.92 bits per heavy atom. The molecule has 0 fully saturated rings. The summed E-state index contributed by atoms with van der Waals surface area (Å²) in [5.74, 6) is 1.80. The molecule has 0 aromatic heterocycles. The van der Waals surface area contributed by atoms with Crippen LogP contribution in [-0.4, -0.2) is 38.0 Å². The molecule has 1 heterocycles. The lowest BCUT2D eigenvalue weighted by atomic mass is 10.1. The summed E-state index contributed by atoms with van der Waals surface area (Å²) in [6.45, 7) is 1.55. The third-order valence-corrected chi connectivity index (χ3v) is 4.09. The van der Waals surface area contributed by atoms with Gasteiger partial charge in [-0.25, -0.2) is 0 Å². The van der Waals surface area contributed by atoms with Gasteiger partial charge in [-0.3, -0.25) is 4.79 Å². The van der Waals surface area contributed by atoms with Gasteiger partial charge in [0.25, 0.3) is 0 Å². The average molecular weight is 358 g/mol. The molecule has 2 aromatic rings. The maximum absolute atomic E-state index is 11.2. The first-order valence-electron chi connectivity index (χ1n) is 8.56. The Morgan fingerprint density at radius 1 is 1.15 bits per heavy atom. The van der Waals surface area contributed by atoms with Crippen LogP contribution in [0.25, 0.3) is 0 Å². The molecule has 0 spiro atoms. The molecule has 1 N–H and O–H groups in total. The largest absolute Gasteiger partial charge is 0.504 e. The monoisotopic (exact) mass is 358 g/mol. The molecule has 6 nitrogen and oxygen atoms in total. The quantitative estimate of drug-likeness (QED) is 0.578. The summed E-state index contributed by atoms with van der Waals surface area (Å²) in [7, 11) is 1.37. The summed E-state index contributed by atoms with van der Waals surface area (Å²) in [6, 6.07) is 10.8. The normalized spacial score (nSPS) is 12.2. The lowest BCUT2D eigenvalue weighted by Gasteiger charge is -2.11. The second-order valence-corrected chi connectivity index (χ2v) is 5.97. The fraction of sp³-hybridized carbons (Fsp3) is 0.350. The van der Waals surface area contributed by atoms with Gasteiger partial charge in [0, 0.05) is 24.5 Å². The van der Waals surface area contributed by atoms with E-state index in [0.29, 0.717) is 32.0 Å². The molecule has 6 heteroatoms. The van der Waals surface area contributed by atoms with Crippen LogP contribution in [-0.2, 0) is 22.4 Å². The van der Waals surface area contributed by atoms with Crippen molar-refractivity contribution < 1.29 is 28.8 Å². The van der Waals surface area contributed by atoms with Gasteiger partial charge in [0.1, 0.15) is 11.5 Å². The van der Waals surface area contributed by atoms with E-state index >= 15 is 0 Å². The van der Waals surface area contributed by atoms with Gasteiger partial charge in [0.05, 0.1) is 33.4 Å². The number of esters is 1. The number of carbonyl (C=O) groups excluding carboxylic acids is 1. The first kappa shape index (κ1) is 17.9. The third kappa shape index (κ3) is 4.59. The van der Waals surface area contributed by atoms with Crippen LogP contribution >= 0.6 is 0 Å². The van der Waals surface area contributed by atoms with Gasteiger partial charge >= 0.3 is 5.97 Å². The van der Waals surface area contributed by atoms with E-state index < -0.39 is 0 Å². The van der Waals surface area contributed by atoms with Gasteiger partial charge in [-0.05, 0) is 23.8 Å². The Bertz CT molecular complexity index is 754. The molecule has 26 heavy (non-hydrogen) atoms. The number of fused-ring (bicyclic) bond motifs is 1. The topological polar surface area (TPSA) is 74.2 Å². The number of phenolic OH excluding ortho intramolecular Hbond substituents is 1. The smallest absolute Gasteiger partial charge is 0.309 e. The fourth-order valence-electron chi connectivity index (χ4n) is 2.68. The van der Waals surface area contributed by atoms with Crippen LogP contribution in [0, 0.1) is 0 Å². The Hall–Kier alpha value is -2.89. The maximum atomic E-state index is 11.2. The van der Waals surface area contributed by atoms with Gasteiger partial charge in [0.2, 0.25) is 0 Å².